The summed E-state index contributed by atoms with van der Waals surface area (Å²) in [6, 6.07) is 12.4. The third-order valence-corrected chi connectivity index (χ3v) is 7.00. The van der Waals surface area contributed by atoms with Gasteiger partial charge in [0, 0.05) is 57.6 Å². The van der Waals surface area contributed by atoms with E-state index in [-0.39, 0.29) is 11.8 Å². The Morgan fingerprint density at radius 3 is 2.50 bits per heavy atom. The van der Waals surface area contributed by atoms with E-state index in [1.807, 2.05) is 32.7 Å². The molecule has 2 saturated heterocycles. The van der Waals surface area contributed by atoms with Crippen molar-refractivity contribution in [2.75, 3.05) is 39.3 Å². The second kappa shape index (κ2) is 10.2. The van der Waals surface area contributed by atoms with Crippen LogP contribution in [0.3, 0.4) is 0 Å². The number of hydrogen-bond acceptors (Lipinski definition) is 4. The maximum absolute atomic E-state index is 12.7. The van der Waals surface area contributed by atoms with Crippen LogP contribution in [0.1, 0.15) is 41.6 Å². The van der Waals surface area contributed by atoms with Gasteiger partial charge in [-0.25, -0.2) is 0 Å². The lowest BCUT2D eigenvalue weighted by Gasteiger charge is -2.36. The molecule has 0 N–H and O–H groups in total. The Bertz CT molecular complexity index is 816. The molecule has 2 fully saturated rings. The quantitative estimate of drug-likeness (QED) is 0.708. The van der Waals surface area contributed by atoms with Gasteiger partial charge in [0.2, 0.25) is 5.91 Å². The highest BCUT2D eigenvalue weighted by Crippen LogP contribution is 2.23. The molecule has 0 radical (unpaired) electrons. The largest absolute Gasteiger partial charge is 0.340 e. The average Bonchev–Trinajstić information content (AvgIpc) is 3.33. The fourth-order valence-electron chi connectivity index (χ4n) is 4.54. The highest BCUT2D eigenvalue weighted by atomic mass is 32.1. The lowest BCUT2D eigenvalue weighted by molar-refractivity contribution is -0.133. The fraction of sp³-hybridized carbons (Fsp3) is 0.500. The minimum atomic E-state index is 0.141. The summed E-state index contributed by atoms with van der Waals surface area (Å²) < 4.78 is 0. The predicted molar refractivity (Wildman–Crippen MR) is 120 cm³/mol. The molecule has 4 rings (SSSR count). The molecule has 1 aromatic heterocycles. The van der Waals surface area contributed by atoms with Crippen molar-refractivity contribution in [3.63, 3.8) is 0 Å². The van der Waals surface area contributed by atoms with Gasteiger partial charge in [0.15, 0.2) is 0 Å². The lowest BCUT2D eigenvalue weighted by atomic mass is 9.92. The summed E-state index contributed by atoms with van der Waals surface area (Å²) in [6.07, 6.45) is 3.64. The molecular weight excluding hydrogens is 394 g/mol. The van der Waals surface area contributed by atoms with Gasteiger partial charge < -0.3 is 9.80 Å². The maximum Gasteiger partial charge on any atom is 0.254 e. The van der Waals surface area contributed by atoms with Crippen molar-refractivity contribution in [2.24, 2.45) is 5.92 Å². The molecule has 2 amide bonds. The highest BCUT2D eigenvalue weighted by molar-refractivity contribution is 7.08. The summed E-state index contributed by atoms with van der Waals surface area (Å²) in [5.74, 6) is 0.849. The van der Waals surface area contributed by atoms with Crippen LogP contribution in [0.15, 0.2) is 47.2 Å². The van der Waals surface area contributed by atoms with Gasteiger partial charge in [0.05, 0.1) is 5.56 Å². The Morgan fingerprint density at radius 2 is 1.77 bits per heavy atom. The summed E-state index contributed by atoms with van der Waals surface area (Å²) in [5, 5.41) is 3.87. The number of amides is 2. The molecule has 0 unspecified atom stereocenters. The van der Waals surface area contributed by atoms with Gasteiger partial charge in [-0.3, -0.25) is 14.5 Å². The molecule has 30 heavy (non-hydrogen) atoms. The molecule has 3 heterocycles. The van der Waals surface area contributed by atoms with Gasteiger partial charge in [-0.1, -0.05) is 30.3 Å². The molecule has 5 nitrogen and oxygen atoms in total. The molecule has 2 aliphatic rings. The molecule has 2 aliphatic heterocycles. The van der Waals surface area contributed by atoms with E-state index < -0.39 is 0 Å². The van der Waals surface area contributed by atoms with Crippen molar-refractivity contribution in [2.45, 2.75) is 32.2 Å². The molecule has 0 bridgehead atoms. The van der Waals surface area contributed by atoms with Crippen LogP contribution in [-0.4, -0.2) is 65.8 Å². The first kappa shape index (κ1) is 21.1. The van der Waals surface area contributed by atoms with Crippen molar-refractivity contribution in [1.82, 2.24) is 14.7 Å². The first-order chi connectivity index (χ1) is 14.7. The van der Waals surface area contributed by atoms with E-state index >= 15 is 0 Å². The van der Waals surface area contributed by atoms with Crippen molar-refractivity contribution < 1.29 is 9.59 Å². The van der Waals surface area contributed by atoms with Gasteiger partial charge in [-0.15, -0.1) is 0 Å². The zero-order valence-electron chi connectivity index (χ0n) is 17.5. The first-order valence-corrected chi connectivity index (χ1v) is 12.0. The number of piperazine rings is 1. The summed E-state index contributed by atoms with van der Waals surface area (Å²) in [4.78, 5) is 31.8. The number of piperidine rings is 1. The Hall–Kier alpha value is -2.18. The van der Waals surface area contributed by atoms with Crippen molar-refractivity contribution in [3.8, 4) is 0 Å². The van der Waals surface area contributed by atoms with E-state index in [0.717, 1.165) is 70.6 Å². The third-order valence-electron chi connectivity index (χ3n) is 6.31. The van der Waals surface area contributed by atoms with Crippen LogP contribution in [0.25, 0.3) is 0 Å². The normalized spacial score (nSPS) is 20.3. The van der Waals surface area contributed by atoms with Gasteiger partial charge >= 0.3 is 0 Å². The summed E-state index contributed by atoms with van der Waals surface area (Å²) >= 11 is 1.56. The second-order valence-corrected chi connectivity index (χ2v) is 9.23. The number of thiophene rings is 1. The summed E-state index contributed by atoms with van der Waals surface area (Å²) in [5.41, 5.74) is 2.13. The Labute approximate surface area is 183 Å². The Morgan fingerprint density at radius 1 is 0.967 bits per heavy atom. The van der Waals surface area contributed by atoms with E-state index in [1.165, 1.54) is 5.56 Å². The van der Waals surface area contributed by atoms with Gasteiger partial charge in [-0.2, -0.15) is 11.3 Å². The molecule has 6 heteroatoms. The predicted octanol–water partition coefficient (Wildman–Crippen LogP) is 3.72. The Balaban J connectivity index is 1.19. The Kier molecular flexibility index (Phi) is 7.18. The fourth-order valence-corrected chi connectivity index (χ4v) is 5.17. The smallest absolute Gasteiger partial charge is 0.254 e. The standard InChI is InChI=1S/C24H31N3O2S/c28-23(26-14-12-25(13-15-26)17-20-5-2-1-3-6-20)9-8-21-7-4-11-27(18-21)24(29)22-10-16-30-19-22/h1-3,5-6,10,16,19,21H,4,7-9,11-15,17-18H2/t21-/m1/s1. The number of benzene rings is 1. The highest BCUT2D eigenvalue weighted by Gasteiger charge is 2.26. The van der Waals surface area contributed by atoms with Gasteiger partial charge in [-0.05, 0) is 42.2 Å². The SMILES string of the molecule is O=C(CC[C@H]1CCCN(C(=O)c2ccsc2)C1)N1CCN(Cc2ccccc2)CC1. The monoisotopic (exact) mass is 425 g/mol. The van der Waals surface area contributed by atoms with E-state index in [2.05, 4.69) is 29.2 Å². The minimum Gasteiger partial charge on any atom is -0.340 e. The van der Waals surface area contributed by atoms with Gasteiger partial charge in [0.1, 0.15) is 0 Å². The molecule has 0 aliphatic carbocycles. The number of rotatable bonds is 6. The molecule has 2 aromatic rings. The minimum absolute atomic E-state index is 0.141. The lowest BCUT2D eigenvalue weighted by Crippen LogP contribution is -2.48. The van der Waals surface area contributed by atoms with Crippen LogP contribution in [0.4, 0.5) is 0 Å². The summed E-state index contributed by atoms with van der Waals surface area (Å²) in [6.45, 7) is 6.09. The first-order valence-electron chi connectivity index (χ1n) is 11.0. The average molecular weight is 426 g/mol. The zero-order chi connectivity index (χ0) is 20.8. The van der Waals surface area contributed by atoms with E-state index in [1.54, 1.807) is 11.3 Å². The maximum atomic E-state index is 12.7. The molecule has 0 saturated carbocycles. The topological polar surface area (TPSA) is 43.9 Å². The number of carbonyl (C=O) groups is 2. The summed E-state index contributed by atoms with van der Waals surface area (Å²) in [7, 11) is 0. The van der Waals surface area contributed by atoms with E-state index in [4.69, 9.17) is 0 Å². The van der Waals surface area contributed by atoms with Crippen LogP contribution in [0.5, 0.6) is 0 Å². The number of hydrogen-bond donors (Lipinski definition) is 0. The van der Waals surface area contributed by atoms with Crippen LogP contribution in [-0.2, 0) is 11.3 Å². The van der Waals surface area contributed by atoms with Crippen molar-refractivity contribution in [1.29, 1.82) is 0 Å². The molecular formula is C24H31N3O2S. The number of carbonyl (C=O) groups excluding carboxylic acids is 2. The van der Waals surface area contributed by atoms with Crippen molar-refractivity contribution in [3.05, 3.63) is 58.3 Å². The van der Waals surface area contributed by atoms with E-state index in [9.17, 15) is 9.59 Å². The van der Waals surface area contributed by atoms with E-state index in [0.29, 0.717) is 12.3 Å². The molecule has 160 valence electrons. The zero-order valence-corrected chi connectivity index (χ0v) is 18.4. The van der Waals surface area contributed by atoms with Crippen LogP contribution < -0.4 is 0 Å². The van der Waals surface area contributed by atoms with Crippen LogP contribution >= 0.6 is 11.3 Å². The third kappa shape index (κ3) is 5.49. The van der Waals surface area contributed by atoms with Crippen LogP contribution in [0.2, 0.25) is 0 Å². The number of likely N-dealkylation sites (tertiary alicyclic amines) is 1. The van der Waals surface area contributed by atoms with Gasteiger partial charge in [0.25, 0.3) is 5.91 Å². The second-order valence-electron chi connectivity index (χ2n) is 8.45. The molecule has 0 spiro atoms. The van der Waals surface area contributed by atoms with Crippen LogP contribution in [0, 0.1) is 5.92 Å². The number of nitrogens with zero attached hydrogens (tertiary/aromatic N) is 3. The van der Waals surface area contributed by atoms with Crippen molar-refractivity contribution >= 4 is 23.2 Å². The molecule has 1 aromatic carbocycles. The molecule has 1 atom stereocenters.